The number of rotatable bonds is 9. The monoisotopic (exact) mass is 373 g/mol. The smallest absolute Gasteiger partial charge is 0.408 e. The highest BCUT2D eigenvalue weighted by Gasteiger charge is 2.39. The molecule has 1 aromatic rings. The predicted octanol–water partition coefficient (Wildman–Crippen LogP) is 4.70. The second-order valence-electron chi connectivity index (χ2n) is 8.00. The first-order valence-corrected chi connectivity index (χ1v) is 9.86. The average molecular weight is 374 g/mol. The number of hydrogen-bond donors (Lipinski definition) is 2. The van der Waals surface area contributed by atoms with E-state index in [9.17, 15) is 9.90 Å². The highest BCUT2D eigenvalue weighted by atomic mass is 16.6. The minimum Gasteiger partial charge on any atom is -0.444 e. The van der Waals surface area contributed by atoms with Crippen LogP contribution in [0, 0.1) is 17.8 Å². The van der Waals surface area contributed by atoms with Crippen molar-refractivity contribution in [2.45, 2.75) is 77.9 Å². The molecule has 0 aliphatic rings. The Morgan fingerprint density at radius 3 is 2.41 bits per heavy atom. The minimum atomic E-state index is -0.823. The van der Waals surface area contributed by atoms with E-state index in [0.717, 1.165) is 24.8 Å². The molecule has 0 fully saturated rings. The molecule has 0 heterocycles. The van der Waals surface area contributed by atoms with E-state index in [-0.39, 0.29) is 12.5 Å². The summed E-state index contributed by atoms with van der Waals surface area (Å²) in [5.74, 6) is 5.97. The highest BCUT2D eigenvalue weighted by Crippen LogP contribution is 2.28. The zero-order valence-corrected chi connectivity index (χ0v) is 17.5. The summed E-state index contributed by atoms with van der Waals surface area (Å²) in [6, 6.07) is 10.0. The van der Waals surface area contributed by atoms with Crippen LogP contribution in [-0.2, 0) is 11.2 Å². The number of alkyl carbamates (subject to hydrolysis) is 1. The van der Waals surface area contributed by atoms with Crippen molar-refractivity contribution in [3.63, 3.8) is 0 Å². The Morgan fingerprint density at radius 1 is 1.22 bits per heavy atom. The molecule has 0 saturated heterocycles. The third-order valence-electron chi connectivity index (χ3n) is 4.49. The molecule has 0 unspecified atom stereocenters. The molecule has 0 spiro atoms. The van der Waals surface area contributed by atoms with Gasteiger partial charge in [-0.25, -0.2) is 4.79 Å². The molecule has 0 aliphatic carbocycles. The van der Waals surface area contributed by atoms with Crippen molar-refractivity contribution in [3.05, 3.63) is 35.9 Å². The third-order valence-corrected chi connectivity index (χ3v) is 4.49. The summed E-state index contributed by atoms with van der Waals surface area (Å²) in [7, 11) is 0. The fourth-order valence-electron chi connectivity index (χ4n) is 3.22. The summed E-state index contributed by atoms with van der Waals surface area (Å²) < 4.78 is 5.49. The summed E-state index contributed by atoms with van der Waals surface area (Å²) in [5.41, 5.74) is -0.301. The molecule has 4 nitrogen and oxygen atoms in total. The zero-order chi connectivity index (χ0) is 20.3. The number of carbonyl (C=O) groups is 1. The number of carbonyl (C=O) groups excluding carboxylic acids is 1. The van der Waals surface area contributed by atoms with E-state index in [1.807, 2.05) is 51.1 Å². The van der Waals surface area contributed by atoms with Crippen molar-refractivity contribution >= 4 is 6.09 Å². The van der Waals surface area contributed by atoms with Gasteiger partial charge in [-0.2, -0.15) is 0 Å². The van der Waals surface area contributed by atoms with E-state index in [1.165, 1.54) is 0 Å². The number of nitrogens with one attached hydrogen (secondary N) is 1. The molecule has 0 radical (unpaired) electrons. The van der Waals surface area contributed by atoms with Crippen LogP contribution in [0.25, 0.3) is 0 Å². The number of aliphatic hydroxyl groups is 1. The van der Waals surface area contributed by atoms with Gasteiger partial charge in [-0.1, -0.05) is 62.4 Å². The predicted molar refractivity (Wildman–Crippen MR) is 110 cm³/mol. The maximum Gasteiger partial charge on any atom is 0.408 e. The van der Waals surface area contributed by atoms with Gasteiger partial charge in [0.05, 0.1) is 0 Å². The highest BCUT2D eigenvalue weighted by molar-refractivity contribution is 5.69. The van der Waals surface area contributed by atoms with Gasteiger partial charge in [0.25, 0.3) is 0 Å². The standard InChI is InChI=1S/C23H35NO3/c1-6-8-12-16-23(15-7-2,24-21(26)27-22(3,4)5)20(18-25)17-19-13-10-9-11-14-19/h9-11,13-14,20,25H,6,8,12,16-18H2,1-5H3,(H,24,26)/t20-,23+/m0/s1. The van der Waals surface area contributed by atoms with Gasteiger partial charge in [0, 0.05) is 12.5 Å². The Bertz CT molecular complexity index is 625. The zero-order valence-electron chi connectivity index (χ0n) is 17.5. The van der Waals surface area contributed by atoms with E-state index in [1.54, 1.807) is 6.92 Å². The van der Waals surface area contributed by atoms with Crippen molar-refractivity contribution in [2.75, 3.05) is 6.61 Å². The Hall–Kier alpha value is -1.99. The SMILES string of the molecule is CC#C[C@](CCCCC)(NC(=O)OC(C)(C)C)[C@H](CO)Cc1ccccc1. The first kappa shape index (κ1) is 23.0. The minimum absolute atomic E-state index is 0.0640. The second-order valence-corrected chi connectivity index (χ2v) is 8.00. The van der Waals surface area contributed by atoms with Gasteiger partial charge < -0.3 is 15.2 Å². The van der Waals surface area contributed by atoms with E-state index in [2.05, 4.69) is 24.1 Å². The summed E-state index contributed by atoms with van der Waals surface area (Å²) in [6.45, 7) is 9.36. The molecule has 1 aromatic carbocycles. The molecule has 4 heteroatoms. The molecule has 2 N–H and O–H groups in total. The summed E-state index contributed by atoms with van der Waals surface area (Å²) >= 11 is 0. The van der Waals surface area contributed by atoms with Gasteiger partial charge in [0.1, 0.15) is 11.1 Å². The Morgan fingerprint density at radius 2 is 1.89 bits per heavy atom. The van der Waals surface area contributed by atoms with Crippen molar-refractivity contribution in [3.8, 4) is 11.8 Å². The topological polar surface area (TPSA) is 58.6 Å². The summed E-state index contributed by atoms with van der Waals surface area (Å²) in [4.78, 5) is 12.6. The van der Waals surface area contributed by atoms with Crippen molar-refractivity contribution in [1.29, 1.82) is 0 Å². The lowest BCUT2D eigenvalue weighted by Gasteiger charge is -2.37. The van der Waals surface area contributed by atoms with Crippen LogP contribution < -0.4 is 5.32 Å². The average Bonchev–Trinajstić information content (AvgIpc) is 2.59. The van der Waals surface area contributed by atoms with Crippen LogP contribution in [0.4, 0.5) is 4.79 Å². The van der Waals surface area contributed by atoms with Crippen molar-refractivity contribution < 1.29 is 14.6 Å². The molecule has 1 amide bonds. The first-order chi connectivity index (χ1) is 12.8. The third kappa shape index (κ3) is 8.05. The van der Waals surface area contributed by atoms with Gasteiger partial charge >= 0.3 is 6.09 Å². The van der Waals surface area contributed by atoms with E-state index < -0.39 is 17.2 Å². The summed E-state index contributed by atoms with van der Waals surface area (Å²) in [5, 5.41) is 13.2. The largest absolute Gasteiger partial charge is 0.444 e. The van der Waals surface area contributed by atoms with Crippen LogP contribution in [0.5, 0.6) is 0 Å². The molecule has 0 bridgehead atoms. The fraction of sp³-hybridized carbons (Fsp3) is 0.609. The summed E-state index contributed by atoms with van der Waals surface area (Å²) in [6.07, 6.45) is 3.87. The Kier molecular flexibility index (Phi) is 9.38. The molecule has 0 aromatic heterocycles. The van der Waals surface area contributed by atoms with Gasteiger partial charge in [-0.05, 0) is 46.1 Å². The van der Waals surface area contributed by atoms with E-state index in [4.69, 9.17) is 4.74 Å². The van der Waals surface area contributed by atoms with Crippen LogP contribution in [-0.4, -0.2) is 28.9 Å². The maximum absolute atomic E-state index is 12.6. The number of unbranched alkanes of at least 4 members (excludes halogenated alkanes) is 2. The number of aliphatic hydroxyl groups excluding tert-OH is 1. The quantitative estimate of drug-likeness (QED) is 0.487. The Labute approximate surface area is 164 Å². The first-order valence-electron chi connectivity index (χ1n) is 9.86. The fourth-order valence-corrected chi connectivity index (χ4v) is 3.22. The molecule has 1 rings (SSSR count). The normalized spacial score (nSPS) is 14.4. The van der Waals surface area contributed by atoms with E-state index in [0.29, 0.717) is 12.8 Å². The number of ether oxygens (including phenoxy) is 1. The lowest BCUT2D eigenvalue weighted by molar-refractivity contribution is 0.0412. The van der Waals surface area contributed by atoms with E-state index >= 15 is 0 Å². The number of benzene rings is 1. The molecule has 0 saturated carbocycles. The maximum atomic E-state index is 12.6. The van der Waals surface area contributed by atoms with Crippen molar-refractivity contribution in [1.82, 2.24) is 5.32 Å². The lowest BCUT2D eigenvalue weighted by Crippen LogP contribution is -2.55. The molecule has 27 heavy (non-hydrogen) atoms. The number of hydrogen-bond acceptors (Lipinski definition) is 3. The van der Waals surface area contributed by atoms with Gasteiger partial charge in [0.2, 0.25) is 0 Å². The molecule has 150 valence electrons. The number of amides is 1. The van der Waals surface area contributed by atoms with Gasteiger partial charge in [-0.15, -0.1) is 5.92 Å². The second kappa shape index (κ2) is 11.0. The van der Waals surface area contributed by atoms with Gasteiger partial charge in [-0.3, -0.25) is 0 Å². The van der Waals surface area contributed by atoms with Crippen LogP contribution in [0.2, 0.25) is 0 Å². The molecular weight excluding hydrogens is 338 g/mol. The molecular formula is C23H35NO3. The molecule has 2 atom stereocenters. The Balaban J connectivity index is 3.16. The lowest BCUT2D eigenvalue weighted by atomic mass is 9.77. The van der Waals surface area contributed by atoms with Crippen LogP contribution in [0.1, 0.15) is 65.9 Å². The van der Waals surface area contributed by atoms with Crippen LogP contribution in [0.15, 0.2) is 30.3 Å². The van der Waals surface area contributed by atoms with Crippen LogP contribution >= 0.6 is 0 Å². The van der Waals surface area contributed by atoms with Gasteiger partial charge in [0.15, 0.2) is 0 Å². The van der Waals surface area contributed by atoms with Crippen LogP contribution in [0.3, 0.4) is 0 Å². The molecule has 0 aliphatic heterocycles. The van der Waals surface area contributed by atoms with Crippen molar-refractivity contribution in [2.24, 2.45) is 5.92 Å².